The van der Waals surface area contributed by atoms with Crippen LogP contribution in [0.5, 0.6) is 5.75 Å². The molecule has 1 aromatic rings. The standard InChI is InChI=1S/C15H21N3O3/c1-15(14(20)17-2)6-7-18(10-15)13(19)9-21-12-5-3-4-11(16)8-12/h3-5,8H,6-7,9-10,16H2,1-2H3,(H,17,20). The summed E-state index contributed by atoms with van der Waals surface area (Å²) in [7, 11) is 1.61. The fourth-order valence-electron chi connectivity index (χ4n) is 2.50. The first-order valence-electron chi connectivity index (χ1n) is 6.93. The Morgan fingerprint density at radius 1 is 1.48 bits per heavy atom. The molecule has 114 valence electrons. The molecule has 1 aromatic carbocycles. The lowest BCUT2D eigenvalue weighted by Gasteiger charge is -2.22. The molecule has 2 amide bonds. The summed E-state index contributed by atoms with van der Waals surface area (Å²) in [4.78, 5) is 25.6. The van der Waals surface area contributed by atoms with Gasteiger partial charge in [-0.3, -0.25) is 9.59 Å². The number of carbonyl (C=O) groups is 2. The van der Waals surface area contributed by atoms with Crippen molar-refractivity contribution in [3.05, 3.63) is 24.3 Å². The molecule has 0 aliphatic carbocycles. The Bertz CT molecular complexity index is 547. The number of likely N-dealkylation sites (tertiary alicyclic amines) is 1. The quantitative estimate of drug-likeness (QED) is 0.797. The third-order valence-electron chi connectivity index (χ3n) is 3.82. The third-order valence-corrected chi connectivity index (χ3v) is 3.82. The zero-order valence-electron chi connectivity index (χ0n) is 12.4. The molecule has 0 bridgehead atoms. The Morgan fingerprint density at radius 2 is 2.24 bits per heavy atom. The van der Waals surface area contributed by atoms with Crippen molar-refractivity contribution in [3.63, 3.8) is 0 Å². The second-order valence-electron chi connectivity index (χ2n) is 5.57. The van der Waals surface area contributed by atoms with Gasteiger partial charge in [0.05, 0.1) is 5.41 Å². The van der Waals surface area contributed by atoms with Crippen molar-refractivity contribution in [3.8, 4) is 5.75 Å². The first-order valence-corrected chi connectivity index (χ1v) is 6.93. The van der Waals surface area contributed by atoms with Gasteiger partial charge in [-0.1, -0.05) is 6.07 Å². The molecule has 1 fully saturated rings. The number of carbonyl (C=O) groups excluding carboxylic acids is 2. The number of hydrogen-bond donors (Lipinski definition) is 2. The van der Waals surface area contributed by atoms with Crippen LogP contribution in [0.15, 0.2) is 24.3 Å². The zero-order chi connectivity index (χ0) is 15.5. The molecular formula is C15H21N3O3. The number of nitrogens with two attached hydrogens (primary N) is 1. The van der Waals surface area contributed by atoms with Gasteiger partial charge < -0.3 is 20.7 Å². The van der Waals surface area contributed by atoms with E-state index in [1.54, 1.807) is 36.2 Å². The molecule has 1 unspecified atom stereocenters. The van der Waals surface area contributed by atoms with Crippen LogP contribution in [0.2, 0.25) is 0 Å². The lowest BCUT2D eigenvalue weighted by atomic mass is 9.89. The minimum absolute atomic E-state index is 0.0328. The van der Waals surface area contributed by atoms with Crippen molar-refractivity contribution < 1.29 is 14.3 Å². The zero-order valence-corrected chi connectivity index (χ0v) is 12.4. The number of rotatable bonds is 4. The molecule has 6 nitrogen and oxygen atoms in total. The Hall–Kier alpha value is -2.24. The smallest absolute Gasteiger partial charge is 0.260 e. The molecule has 0 spiro atoms. The van der Waals surface area contributed by atoms with Gasteiger partial charge >= 0.3 is 0 Å². The summed E-state index contributed by atoms with van der Waals surface area (Å²) in [6, 6.07) is 6.95. The predicted molar refractivity (Wildman–Crippen MR) is 79.7 cm³/mol. The van der Waals surface area contributed by atoms with Crippen molar-refractivity contribution in [2.75, 3.05) is 32.5 Å². The molecule has 0 saturated carbocycles. The van der Waals surface area contributed by atoms with Crippen LogP contribution in [0, 0.1) is 5.41 Å². The largest absolute Gasteiger partial charge is 0.484 e. The molecule has 6 heteroatoms. The maximum atomic E-state index is 12.1. The molecular weight excluding hydrogens is 270 g/mol. The first kappa shape index (κ1) is 15.2. The van der Waals surface area contributed by atoms with Crippen LogP contribution in [-0.4, -0.2) is 43.5 Å². The van der Waals surface area contributed by atoms with E-state index < -0.39 is 5.41 Å². The summed E-state index contributed by atoms with van der Waals surface area (Å²) < 4.78 is 5.44. The molecule has 1 atom stereocenters. The minimum atomic E-state index is -0.512. The highest BCUT2D eigenvalue weighted by molar-refractivity contribution is 5.85. The molecule has 1 heterocycles. The van der Waals surface area contributed by atoms with E-state index in [1.165, 1.54) is 0 Å². The lowest BCUT2D eigenvalue weighted by Crippen LogP contribution is -2.41. The molecule has 0 radical (unpaired) electrons. The van der Waals surface area contributed by atoms with E-state index in [1.807, 2.05) is 6.92 Å². The van der Waals surface area contributed by atoms with Gasteiger partial charge in [-0.15, -0.1) is 0 Å². The van der Waals surface area contributed by atoms with Gasteiger partial charge in [0, 0.05) is 31.9 Å². The fourth-order valence-corrected chi connectivity index (χ4v) is 2.50. The highest BCUT2D eigenvalue weighted by atomic mass is 16.5. The van der Waals surface area contributed by atoms with Crippen molar-refractivity contribution in [2.45, 2.75) is 13.3 Å². The van der Waals surface area contributed by atoms with E-state index in [0.29, 0.717) is 30.9 Å². The lowest BCUT2D eigenvalue weighted by molar-refractivity contribution is -0.134. The SMILES string of the molecule is CNC(=O)C1(C)CCN(C(=O)COc2cccc(N)c2)C1. The molecule has 2 rings (SSSR count). The molecule has 1 aliphatic rings. The maximum absolute atomic E-state index is 12.1. The topological polar surface area (TPSA) is 84.7 Å². The van der Waals surface area contributed by atoms with Crippen molar-refractivity contribution in [2.24, 2.45) is 5.41 Å². The average Bonchev–Trinajstić information content (AvgIpc) is 2.88. The van der Waals surface area contributed by atoms with Crippen molar-refractivity contribution in [1.29, 1.82) is 0 Å². The number of benzene rings is 1. The van der Waals surface area contributed by atoms with Gasteiger partial charge in [-0.05, 0) is 25.5 Å². The van der Waals surface area contributed by atoms with Crippen LogP contribution in [-0.2, 0) is 9.59 Å². The molecule has 21 heavy (non-hydrogen) atoms. The monoisotopic (exact) mass is 291 g/mol. The highest BCUT2D eigenvalue weighted by Gasteiger charge is 2.41. The summed E-state index contributed by atoms with van der Waals surface area (Å²) >= 11 is 0. The maximum Gasteiger partial charge on any atom is 0.260 e. The van der Waals surface area contributed by atoms with Gasteiger partial charge in [-0.25, -0.2) is 0 Å². The Labute approximate surface area is 124 Å². The van der Waals surface area contributed by atoms with E-state index in [9.17, 15) is 9.59 Å². The van der Waals surface area contributed by atoms with Crippen LogP contribution >= 0.6 is 0 Å². The van der Waals surface area contributed by atoms with Crippen LogP contribution in [0.1, 0.15) is 13.3 Å². The number of ether oxygens (including phenoxy) is 1. The Balaban J connectivity index is 1.89. The van der Waals surface area contributed by atoms with Crippen LogP contribution in [0.3, 0.4) is 0 Å². The normalized spacial score (nSPS) is 21.1. The van der Waals surface area contributed by atoms with E-state index in [4.69, 9.17) is 10.5 Å². The summed E-state index contributed by atoms with van der Waals surface area (Å²) in [5.41, 5.74) is 5.73. The second-order valence-corrected chi connectivity index (χ2v) is 5.57. The number of nitrogens with zero attached hydrogens (tertiary/aromatic N) is 1. The fraction of sp³-hybridized carbons (Fsp3) is 0.467. The third kappa shape index (κ3) is 3.45. The van der Waals surface area contributed by atoms with Gasteiger partial charge in [-0.2, -0.15) is 0 Å². The van der Waals surface area contributed by atoms with Crippen LogP contribution < -0.4 is 15.8 Å². The number of hydrogen-bond acceptors (Lipinski definition) is 4. The van der Waals surface area contributed by atoms with E-state index in [-0.39, 0.29) is 18.4 Å². The van der Waals surface area contributed by atoms with Crippen LogP contribution in [0.4, 0.5) is 5.69 Å². The Kier molecular flexibility index (Phi) is 4.35. The van der Waals surface area contributed by atoms with Gasteiger partial charge in [0.2, 0.25) is 5.91 Å². The minimum Gasteiger partial charge on any atom is -0.484 e. The van der Waals surface area contributed by atoms with Gasteiger partial charge in [0.15, 0.2) is 6.61 Å². The first-order chi connectivity index (χ1) is 9.94. The summed E-state index contributed by atoms with van der Waals surface area (Å²) in [6.07, 6.45) is 0.663. The summed E-state index contributed by atoms with van der Waals surface area (Å²) in [5.74, 6) is 0.413. The van der Waals surface area contributed by atoms with E-state index in [2.05, 4.69) is 5.32 Å². The molecule has 0 aromatic heterocycles. The summed E-state index contributed by atoms with van der Waals surface area (Å²) in [5, 5.41) is 2.65. The second kappa shape index (κ2) is 6.03. The number of anilines is 1. The average molecular weight is 291 g/mol. The Morgan fingerprint density at radius 3 is 2.90 bits per heavy atom. The number of amides is 2. The number of nitrogens with one attached hydrogen (secondary N) is 1. The van der Waals surface area contributed by atoms with E-state index >= 15 is 0 Å². The van der Waals surface area contributed by atoms with Gasteiger partial charge in [0.25, 0.3) is 5.91 Å². The van der Waals surface area contributed by atoms with E-state index in [0.717, 1.165) is 0 Å². The van der Waals surface area contributed by atoms with Crippen LogP contribution in [0.25, 0.3) is 0 Å². The number of nitrogen functional groups attached to an aromatic ring is 1. The highest BCUT2D eigenvalue weighted by Crippen LogP contribution is 2.30. The molecule has 3 N–H and O–H groups in total. The predicted octanol–water partition coefficient (Wildman–Crippen LogP) is 0.632. The molecule has 1 saturated heterocycles. The van der Waals surface area contributed by atoms with Crippen molar-refractivity contribution in [1.82, 2.24) is 10.2 Å². The van der Waals surface area contributed by atoms with Crippen molar-refractivity contribution >= 4 is 17.5 Å². The van der Waals surface area contributed by atoms with Gasteiger partial charge in [0.1, 0.15) is 5.75 Å². The molecule has 1 aliphatic heterocycles. The summed E-state index contributed by atoms with van der Waals surface area (Å²) in [6.45, 7) is 2.82.